The van der Waals surface area contributed by atoms with Crippen molar-refractivity contribution in [1.29, 1.82) is 0 Å². The molecule has 4 N–H and O–H groups in total. The van der Waals surface area contributed by atoms with Gasteiger partial charge in [-0.05, 0) is 20.8 Å². The van der Waals surface area contributed by atoms with Crippen molar-refractivity contribution in [2.24, 2.45) is 0 Å². The van der Waals surface area contributed by atoms with Gasteiger partial charge in [-0.3, -0.25) is 10.1 Å². The largest absolute Gasteiger partial charge is 0.462 e. The molecular weight excluding hydrogens is 322 g/mol. The van der Waals surface area contributed by atoms with Crippen molar-refractivity contribution in [1.82, 2.24) is 20.6 Å². The van der Waals surface area contributed by atoms with Gasteiger partial charge in [-0.15, -0.1) is 0 Å². The molecule has 0 atom stereocenters. The molecule has 0 aromatic carbocycles. The molecule has 9 nitrogen and oxygen atoms in total. The summed E-state index contributed by atoms with van der Waals surface area (Å²) in [4.78, 5) is 42.4. The van der Waals surface area contributed by atoms with E-state index in [0.717, 1.165) is 11.8 Å². The van der Waals surface area contributed by atoms with Crippen LogP contribution < -0.4 is 16.4 Å². The average molecular weight is 341 g/mol. The molecule has 0 saturated carbocycles. The Balaban J connectivity index is 2.55. The second kappa shape index (κ2) is 8.93. The first kappa shape index (κ1) is 18.7. The maximum absolute atomic E-state index is 11.6. The van der Waals surface area contributed by atoms with Gasteiger partial charge in [0.25, 0.3) is 0 Å². The van der Waals surface area contributed by atoms with Crippen LogP contribution in [0.3, 0.4) is 0 Å². The molecule has 0 radical (unpaired) electrons. The predicted molar refractivity (Wildman–Crippen MR) is 84.9 cm³/mol. The van der Waals surface area contributed by atoms with E-state index in [1.165, 1.54) is 6.20 Å². The maximum atomic E-state index is 11.6. The third-order valence-corrected chi connectivity index (χ3v) is 3.16. The molecule has 10 heteroatoms. The molecule has 1 rings (SSSR count). The minimum Gasteiger partial charge on any atom is -0.462 e. The van der Waals surface area contributed by atoms with E-state index in [9.17, 15) is 14.4 Å². The van der Waals surface area contributed by atoms with Gasteiger partial charge in [0.15, 0.2) is 5.16 Å². The number of aromatic nitrogens is 2. The van der Waals surface area contributed by atoms with E-state index in [-0.39, 0.29) is 34.9 Å². The van der Waals surface area contributed by atoms with Crippen molar-refractivity contribution in [3.05, 3.63) is 11.8 Å². The zero-order valence-corrected chi connectivity index (χ0v) is 13.9. The number of carbonyl (C=O) groups excluding carboxylic acids is 3. The molecule has 126 valence electrons. The van der Waals surface area contributed by atoms with Crippen molar-refractivity contribution in [3.63, 3.8) is 0 Å². The summed E-state index contributed by atoms with van der Waals surface area (Å²) in [5, 5.41) is 4.92. The summed E-state index contributed by atoms with van der Waals surface area (Å²) in [6.45, 7) is 5.45. The second-order valence-corrected chi connectivity index (χ2v) is 5.58. The smallest absolute Gasteiger partial charge is 0.343 e. The van der Waals surface area contributed by atoms with E-state index in [2.05, 4.69) is 20.6 Å². The molecule has 0 aliphatic carbocycles. The van der Waals surface area contributed by atoms with Gasteiger partial charge in [-0.25, -0.2) is 19.6 Å². The fourth-order valence-electron chi connectivity index (χ4n) is 1.40. The van der Waals surface area contributed by atoms with Crippen LogP contribution in [-0.4, -0.2) is 46.3 Å². The lowest BCUT2D eigenvalue weighted by Crippen LogP contribution is -2.43. The number of esters is 1. The van der Waals surface area contributed by atoms with Crippen molar-refractivity contribution < 1.29 is 19.1 Å². The summed E-state index contributed by atoms with van der Waals surface area (Å²) in [7, 11) is 0. The molecule has 1 aromatic heterocycles. The fraction of sp³-hybridized carbons (Fsp3) is 0.462. The number of carbonyl (C=O) groups is 3. The van der Waals surface area contributed by atoms with Gasteiger partial charge in [0.1, 0.15) is 11.4 Å². The standard InChI is InChI=1S/C13H19N5O4S/c1-4-22-11(20)8-5-15-13(18-10(8)14)23-6-9(19)17-12(21)16-7(2)3/h5,7H,4,6H2,1-3H3,(H2,14,15,18)(H2,16,17,19,21). The minimum atomic E-state index is -0.607. The third kappa shape index (κ3) is 6.51. The lowest BCUT2D eigenvalue weighted by molar-refractivity contribution is -0.117. The van der Waals surface area contributed by atoms with Crippen LogP contribution in [0.25, 0.3) is 0 Å². The van der Waals surface area contributed by atoms with Gasteiger partial charge in [-0.1, -0.05) is 11.8 Å². The van der Waals surface area contributed by atoms with Gasteiger partial charge in [0.2, 0.25) is 5.91 Å². The van der Waals surface area contributed by atoms with Gasteiger partial charge in [0.05, 0.1) is 12.4 Å². The van der Waals surface area contributed by atoms with Crippen LogP contribution in [0.5, 0.6) is 0 Å². The molecule has 0 saturated heterocycles. The van der Waals surface area contributed by atoms with Crippen LogP contribution in [0.4, 0.5) is 10.6 Å². The first-order chi connectivity index (χ1) is 10.8. The normalized spacial score (nSPS) is 10.3. The number of imide groups is 1. The van der Waals surface area contributed by atoms with E-state index in [1.807, 2.05) is 0 Å². The van der Waals surface area contributed by atoms with Crippen LogP contribution in [0.1, 0.15) is 31.1 Å². The quantitative estimate of drug-likeness (QED) is 0.388. The monoisotopic (exact) mass is 341 g/mol. The lowest BCUT2D eigenvalue weighted by atomic mass is 10.3. The number of amides is 3. The Kier molecular flexibility index (Phi) is 7.26. The number of nitrogens with one attached hydrogen (secondary N) is 2. The summed E-state index contributed by atoms with van der Waals surface area (Å²) in [6, 6.07) is -0.641. The number of hydrogen-bond donors (Lipinski definition) is 3. The highest BCUT2D eigenvalue weighted by Gasteiger charge is 2.15. The summed E-state index contributed by atoms with van der Waals surface area (Å²) in [5.74, 6) is -1.20. The van der Waals surface area contributed by atoms with Crippen LogP contribution in [0.2, 0.25) is 0 Å². The van der Waals surface area contributed by atoms with Gasteiger partial charge in [0, 0.05) is 12.2 Å². The first-order valence-corrected chi connectivity index (χ1v) is 7.84. The van der Waals surface area contributed by atoms with E-state index in [4.69, 9.17) is 10.5 Å². The highest BCUT2D eigenvalue weighted by molar-refractivity contribution is 7.99. The SMILES string of the molecule is CCOC(=O)c1cnc(SCC(=O)NC(=O)NC(C)C)nc1N. The Morgan fingerprint density at radius 2 is 2.09 bits per heavy atom. The summed E-state index contributed by atoms with van der Waals surface area (Å²) in [6.07, 6.45) is 1.24. The van der Waals surface area contributed by atoms with Crippen molar-refractivity contribution in [2.75, 3.05) is 18.1 Å². The Morgan fingerprint density at radius 1 is 1.39 bits per heavy atom. The molecule has 0 fully saturated rings. The van der Waals surface area contributed by atoms with Crippen molar-refractivity contribution in [3.8, 4) is 0 Å². The number of nitrogen functional groups attached to an aromatic ring is 1. The van der Waals surface area contributed by atoms with Crippen LogP contribution >= 0.6 is 11.8 Å². The number of nitrogens with zero attached hydrogens (tertiary/aromatic N) is 2. The zero-order chi connectivity index (χ0) is 17.4. The average Bonchev–Trinajstić information content (AvgIpc) is 2.44. The number of thioether (sulfide) groups is 1. The number of anilines is 1. The molecule has 1 heterocycles. The number of rotatable bonds is 6. The molecule has 23 heavy (non-hydrogen) atoms. The van der Waals surface area contributed by atoms with Crippen molar-refractivity contribution >= 4 is 35.5 Å². The van der Waals surface area contributed by atoms with E-state index >= 15 is 0 Å². The molecule has 0 spiro atoms. The Labute approximate surface area is 137 Å². The van der Waals surface area contributed by atoms with Crippen LogP contribution in [0.15, 0.2) is 11.4 Å². The molecule has 0 aliphatic rings. The van der Waals surface area contributed by atoms with Gasteiger partial charge < -0.3 is 15.8 Å². The molecule has 0 bridgehead atoms. The Hall–Kier alpha value is -2.36. The first-order valence-electron chi connectivity index (χ1n) is 6.86. The summed E-state index contributed by atoms with van der Waals surface area (Å²) >= 11 is 0.991. The number of urea groups is 1. The zero-order valence-electron chi connectivity index (χ0n) is 13.1. The molecule has 0 unspecified atom stereocenters. The molecule has 0 aliphatic heterocycles. The Morgan fingerprint density at radius 3 is 2.65 bits per heavy atom. The number of hydrogen-bond acceptors (Lipinski definition) is 8. The number of nitrogens with two attached hydrogens (primary N) is 1. The highest BCUT2D eigenvalue weighted by atomic mass is 32.2. The minimum absolute atomic E-state index is 0.0288. The molecule has 3 amide bonds. The summed E-state index contributed by atoms with van der Waals surface area (Å²) < 4.78 is 4.81. The number of ether oxygens (including phenoxy) is 1. The van der Waals surface area contributed by atoms with Crippen molar-refractivity contribution in [2.45, 2.75) is 32.0 Å². The third-order valence-electron chi connectivity index (χ3n) is 2.30. The van der Waals surface area contributed by atoms with Crippen LogP contribution in [0, 0.1) is 0 Å². The summed E-state index contributed by atoms with van der Waals surface area (Å²) in [5.41, 5.74) is 5.73. The topological polar surface area (TPSA) is 136 Å². The molecule has 1 aromatic rings. The molecular formula is C13H19N5O4S. The highest BCUT2D eigenvalue weighted by Crippen LogP contribution is 2.16. The van der Waals surface area contributed by atoms with Gasteiger partial charge >= 0.3 is 12.0 Å². The Bertz CT molecular complexity index is 594. The van der Waals surface area contributed by atoms with E-state index < -0.39 is 17.9 Å². The second-order valence-electron chi connectivity index (χ2n) is 4.64. The van der Waals surface area contributed by atoms with E-state index in [1.54, 1.807) is 20.8 Å². The maximum Gasteiger partial charge on any atom is 0.343 e. The fourth-order valence-corrected chi connectivity index (χ4v) is 2.03. The lowest BCUT2D eigenvalue weighted by Gasteiger charge is -2.09. The van der Waals surface area contributed by atoms with Crippen LogP contribution in [-0.2, 0) is 9.53 Å². The van der Waals surface area contributed by atoms with E-state index in [0.29, 0.717) is 0 Å². The predicted octanol–water partition coefficient (Wildman–Crippen LogP) is 0.562. The van der Waals surface area contributed by atoms with Gasteiger partial charge in [-0.2, -0.15) is 0 Å².